The van der Waals surface area contributed by atoms with Crippen molar-refractivity contribution >= 4 is 9.84 Å². The topological polar surface area (TPSA) is 34.1 Å². The first kappa shape index (κ1) is 14.5. The quantitative estimate of drug-likeness (QED) is 0.787. The molecule has 0 aromatic heterocycles. The molecule has 0 aliphatic heterocycles. The lowest BCUT2D eigenvalue weighted by Crippen LogP contribution is -2.21. The zero-order valence-corrected chi connectivity index (χ0v) is 12.3. The molecule has 0 amide bonds. The number of rotatable bonds is 5. The van der Waals surface area contributed by atoms with Gasteiger partial charge in [0.2, 0.25) is 0 Å². The van der Waals surface area contributed by atoms with Gasteiger partial charge in [0.15, 0.2) is 9.84 Å². The Morgan fingerprint density at radius 1 is 1.05 bits per heavy atom. The van der Waals surface area contributed by atoms with Crippen LogP contribution in [0.2, 0.25) is 0 Å². The molecule has 0 bridgehead atoms. The second-order valence-electron chi connectivity index (χ2n) is 4.82. The standard InChI is InChI=1S/C17H18O2S/c1-3-16(13-15-7-5-4-6-8-15)20(18,19)17-11-9-14(2)10-12-17/h3-12,16H,1,13H2,2H3. The highest BCUT2D eigenvalue weighted by molar-refractivity contribution is 7.92. The number of hydrogen-bond donors (Lipinski definition) is 0. The molecule has 1 unspecified atom stereocenters. The fourth-order valence-corrected chi connectivity index (χ4v) is 3.60. The van der Waals surface area contributed by atoms with Crippen molar-refractivity contribution in [1.29, 1.82) is 0 Å². The Labute approximate surface area is 120 Å². The van der Waals surface area contributed by atoms with E-state index in [1.807, 2.05) is 49.4 Å². The van der Waals surface area contributed by atoms with Gasteiger partial charge < -0.3 is 0 Å². The van der Waals surface area contributed by atoms with Gasteiger partial charge in [0.25, 0.3) is 0 Å². The maximum absolute atomic E-state index is 12.6. The molecule has 0 aliphatic carbocycles. The molecule has 0 saturated heterocycles. The highest BCUT2D eigenvalue weighted by Crippen LogP contribution is 2.20. The smallest absolute Gasteiger partial charge is 0.185 e. The number of benzene rings is 2. The molecule has 0 N–H and O–H groups in total. The van der Waals surface area contributed by atoms with E-state index in [1.54, 1.807) is 12.1 Å². The summed E-state index contributed by atoms with van der Waals surface area (Å²) in [5.41, 5.74) is 2.04. The average molecular weight is 286 g/mol. The van der Waals surface area contributed by atoms with Crippen molar-refractivity contribution in [3.05, 3.63) is 78.4 Å². The van der Waals surface area contributed by atoms with Gasteiger partial charge in [-0.1, -0.05) is 54.1 Å². The van der Waals surface area contributed by atoms with E-state index >= 15 is 0 Å². The number of hydrogen-bond acceptors (Lipinski definition) is 2. The molecule has 0 saturated carbocycles. The van der Waals surface area contributed by atoms with Crippen molar-refractivity contribution in [2.45, 2.75) is 23.5 Å². The van der Waals surface area contributed by atoms with Gasteiger partial charge in [0, 0.05) is 0 Å². The van der Waals surface area contributed by atoms with E-state index in [4.69, 9.17) is 0 Å². The van der Waals surface area contributed by atoms with Gasteiger partial charge in [-0.15, -0.1) is 6.58 Å². The number of sulfone groups is 1. The van der Waals surface area contributed by atoms with Crippen LogP contribution in [0.25, 0.3) is 0 Å². The van der Waals surface area contributed by atoms with E-state index < -0.39 is 15.1 Å². The lowest BCUT2D eigenvalue weighted by atomic mass is 10.1. The van der Waals surface area contributed by atoms with Gasteiger partial charge in [-0.2, -0.15) is 0 Å². The summed E-state index contributed by atoms with van der Waals surface area (Å²) in [7, 11) is -3.38. The van der Waals surface area contributed by atoms with Crippen LogP contribution in [-0.2, 0) is 16.3 Å². The Bertz CT molecular complexity index is 671. The molecular weight excluding hydrogens is 268 g/mol. The van der Waals surface area contributed by atoms with Gasteiger partial charge in [-0.05, 0) is 31.0 Å². The first-order valence-corrected chi connectivity index (χ1v) is 8.05. The van der Waals surface area contributed by atoms with E-state index in [-0.39, 0.29) is 0 Å². The molecule has 3 heteroatoms. The predicted octanol–water partition coefficient (Wildman–Crippen LogP) is 3.57. The van der Waals surface area contributed by atoms with Crippen LogP contribution in [0, 0.1) is 6.92 Å². The summed E-state index contributed by atoms with van der Waals surface area (Å²) in [5.74, 6) is 0. The summed E-state index contributed by atoms with van der Waals surface area (Å²) in [4.78, 5) is 0.351. The maximum Gasteiger partial charge on any atom is 0.185 e. The summed E-state index contributed by atoms with van der Waals surface area (Å²) >= 11 is 0. The Balaban J connectivity index is 2.30. The number of aryl methyl sites for hydroxylation is 1. The Morgan fingerprint density at radius 2 is 1.65 bits per heavy atom. The summed E-state index contributed by atoms with van der Waals surface area (Å²) in [6.07, 6.45) is 1.96. The Morgan fingerprint density at radius 3 is 2.20 bits per heavy atom. The molecule has 0 fully saturated rings. The van der Waals surface area contributed by atoms with Crippen LogP contribution in [0.15, 0.2) is 72.1 Å². The molecule has 0 radical (unpaired) electrons. The fourth-order valence-electron chi connectivity index (χ4n) is 2.07. The van der Waals surface area contributed by atoms with Crippen LogP contribution in [0.5, 0.6) is 0 Å². The van der Waals surface area contributed by atoms with Crippen LogP contribution >= 0.6 is 0 Å². The van der Waals surface area contributed by atoms with Gasteiger partial charge in [-0.25, -0.2) is 8.42 Å². The fraction of sp³-hybridized carbons (Fsp3) is 0.176. The van der Waals surface area contributed by atoms with Crippen LogP contribution in [0.1, 0.15) is 11.1 Å². The third-order valence-electron chi connectivity index (χ3n) is 3.29. The van der Waals surface area contributed by atoms with E-state index in [2.05, 4.69) is 6.58 Å². The molecule has 0 heterocycles. The third-order valence-corrected chi connectivity index (χ3v) is 5.38. The zero-order chi connectivity index (χ0) is 14.6. The van der Waals surface area contributed by atoms with Crippen molar-refractivity contribution in [3.8, 4) is 0 Å². The summed E-state index contributed by atoms with van der Waals surface area (Å²) < 4.78 is 25.2. The first-order valence-electron chi connectivity index (χ1n) is 6.51. The highest BCUT2D eigenvalue weighted by Gasteiger charge is 2.24. The van der Waals surface area contributed by atoms with Crippen molar-refractivity contribution in [2.75, 3.05) is 0 Å². The van der Waals surface area contributed by atoms with E-state index in [0.29, 0.717) is 11.3 Å². The molecule has 104 valence electrons. The normalized spacial score (nSPS) is 12.8. The van der Waals surface area contributed by atoms with E-state index in [9.17, 15) is 8.42 Å². The molecule has 2 aromatic carbocycles. The van der Waals surface area contributed by atoms with Crippen molar-refractivity contribution < 1.29 is 8.42 Å². The maximum atomic E-state index is 12.6. The third kappa shape index (κ3) is 3.17. The predicted molar refractivity (Wildman–Crippen MR) is 82.5 cm³/mol. The molecule has 2 aromatic rings. The van der Waals surface area contributed by atoms with Crippen LogP contribution in [0.4, 0.5) is 0 Å². The highest BCUT2D eigenvalue weighted by atomic mass is 32.2. The Kier molecular flexibility index (Phi) is 4.40. The molecule has 1 atom stereocenters. The summed E-state index contributed by atoms with van der Waals surface area (Å²) in [6, 6.07) is 16.6. The largest absolute Gasteiger partial charge is 0.223 e. The van der Waals surface area contributed by atoms with Crippen LogP contribution < -0.4 is 0 Å². The van der Waals surface area contributed by atoms with Gasteiger partial charge >= 0.3 is 0 Å². The molecule has 2 nitrogen and oxygen atoms in total. The van der Waals surface area contributed by atoms with Crippen molar-refractivity contribution in [2.24, 2.45) is 0 Å². The SMILES string of the molecule is C=CC(Cc1ccccc1)S(=O)(=O)c1ccc(C)cc1. The lowest BCUT2D eigenvalue weighted by molar-refractivity contribution is 0.587. The molecule has 0 spiro atoms. The minimum atomic E-state index is -3.38. The molecule has 20 heavy (non-hydrogen) atoms. The summed E-state index contributed by atoms with van der Waals surface area (Å²) in [6.45, 7) is 5.62. The first-order chi connectivity index (χ1) is 9.54. The minimum Gasteiger partial charge on any atom is -0.223 e. The second kappa shape index (κ2) is 6.06. The van der Waals surface area contributed by atoms with E-state index in [0.717, 1.165) is 11.1 Å². The van der Waals surface area contributed by atoms with E-state index in [1.165, 1.54) is 6.08 Å². The van der Waals surface area contributed by atoms with Crippen LogP contribution in [0.3, 0.4) is 0 Å². The zero-order valence-electron chi connectivity index (χ0n) is 11.5. The van der Waals surface area contributed by atoms with Gasteiger partial charge in [-0.3, -0.25) is 0 Å². The minimum absolute atomic E-state index is 0.351. The van der Waals surface area contributed by atoms with Crippen LogP contribution in [-0.4, -0.2) is 13.7 Å². The molecule has 2 rings (SSSR count). The van der Waals surface area contributed by atoms with Crippen molar-refractivity contribution in [3.63, 3.8) is 0 Å². The second-order valence-corrected chi connectivity index (χ2v) is 6.99. The molecule has 0 aliphatic rings. The average Bonchev–Trinajstić information content (AvgIpc) is 2.46. The monoisotopic (exact) mass is 286 g/mol. The van der Waals surface area contributed by atoms with Gasteiger partial charge in [0.1, 0.15) is 0 Å². The van der Waals surface area contributed by atoms with Gasteiger partial charge in [0.05, 0.1) is 10.1 Å². The Hall–Kier alpha value is -1.87. The molecular formula is C17H18O2S. The lowest BCUT2D eigenvalue weighted by Gasteiger charge is -2.14. The summed E-state index contributed by atoms with van der Waals surface area (Å²) in [5, 5.41) is -0.604. The van der Waals surface area contributed by atoms with Crippen molar-refractivity contribution in [1.82, 2.24) is 0 Å².